The Morgan fingerprint density at radius 3 is 2.58 bits per heavy atom. The van der Waals surface area contributed by atoms with E-state index < -0.39 is 4.92 Å². The van der Waals surface area contributed by atoms with E-state index in [1.165, 1.54) is 12.1 Å². The van der Waals surface area contributed by atoms with Crippen LogP contribution in [0.4, 0.5) is 5.69 Å². The van der Waals surface area contributed by atoms with Gasteiger partial charge < -0.3 is 0 Å². The van der Waals surface area contributed by atoms with E-state index in [2.05, 4.69) is 10.3 Å². The van der Waals surface area contributed by atoms with Crippen molar-refractivity contribution in [3.8, 4) is 5.69 Å². The predicted octanol–water partition coefficient (Wildman–Crippen LogP) is 2.64. The minimum Gasteiger partial charge on any atom is -0.258 e. The second kappa shape index (κ2) is 4.16. The Labute approximate surface area is 108 Å². The maximum Gasteiger partial charge on any atom is 0.271 e. The molecule has 94 valence electrons. The summed E-state index contributed by atoms with van der Waals surface area (Å²) in [5.74, 6) is 0. The van der Waals surface area contributed by atoms with E-state index in [0.717, 1.165) is 11.3 Å². The second-order valence-electron chi connectivity index (χ2n) is 4.27. The van der Waals surface area contributed by atoms with E-state index in [1.807, 2.05) is 31.2 Å². The molecule has 0 N–H and O–H groups in total. The van der Waals surface area contributed by atoms with Crippen molar-refractivity contribution in [3.05, 3.63) is 58.1 Å². The molecule has 0 bridgehead atoms. The molecule has 0 saturated carbocycles. The largest absolute Gasteiger partial charge is 0.271 e. The SMILES string of the molecule is Cc1ccc(-n2nnc3ccc([N+](=O)[O-])cc32)cc1. The maximum absolute atomic E-state index is 10.8. The zero-order valence-electron chi connectivity index (χ0n) is 10.1. The highest BCUT2D eigenvalue weighted by atomic mass is 16.6. The monoisotopic (exact) mass is 254 g/mol. The molecule has 0 aliphatic heterocycles. The van der Waals surface area contributed by atoms with Crippen LogP contribution in [0.1, 0.15) is 5.56 Å². The first-order valence-electron chi connectivity index (χ1n) is 5.72. The van der Waals surface area contributed by atoms with Gasteiger partial charge in [0.25, 0.3) is 5.69 Å². The summed E-state index contributed by atoms with van der Waals surface area (Å²) >= 11 is 0. The number of nitro groups is 1. The van der Waals surface area contributed by atoms with Gasteiger partial charge in [-0.15, -0.1) is 5.10 Å². The summed E-state index contributed by atoms with van der Waals surface area (Å²) in [6.45, 7) is 1.99. The Hall–Kier alpha value is -2.76. The molecule has 0 aliphatic rings. The van der Waals surface area contributed by atoms with Crippen molar-refractivity contribution in [3.63, 3.8) is 0 Å². The van der Waals surface area contributed by atoms with Gasteiger partial charge in [-0.1, -0.05) is 22.9 Å². The lowest BCUT2D eigenvalue weighted by molar-refractivity contribution is -0.384. The average Bonchev–Trinajstić information content (AvgIpc) is 2.82. The number of nitro benzene ring substituents is 1. The number of benzene rings is 2. The Kier molecular flexibility index (Phi) is 2.49. The number of hydrogen-bond acceptors (Lipinski definition) is 4. The molecule has 3 rings (SSSR count). The van der Waals surface area contributed by atoms with Crippen LogP contribution in [0.3, 0.4) is 0 Å². The molecule has 3 aromatic rings. The van der Waals surface area contributed by atoms with Crippen molar-refractivity contribution >= 4 is 16.7 Å². The summed E-state index contributed by atoms with van der Waals surface area (Å²) in [5, 5.41) is 18.9. The smallest absolute Gasteiger partial charge is 0.258 e. The highest BCUT2D eigenvalue weighted by Crippen LogP contribution is 2.21. The number of rotatable bonds is 2. The van der Waals surface area contributed by atoms with Gasteiger partial charge in [0.2, 0.25) is 0 Å². The third-order valence-corrected chi connectivity index (χ3v) is 2.92. The number of fused-ring (bicyclic) bond motifs is 1. The Morgan fingerprint density at radius 1 is 1.16 bits per heavy atom. The molecular formula is C13H10N4O2. The zero-order valence-corrected chi connectivity index (χ0v) is 10.1. The Balaban J connectivity index is 2.21. The van der Waals surface area contributed by atoms with Crippen LogP contribution in [0, 0.1) is 17.0 Å². The van der Waals surface area contributed by atoms with Crippen molar-refractivity contribution < 1.29 is 4.92 Å². The topological polar surface area (TPSA) is 73.8 Å². The quantitative estimate of drug-likeness (QED) is 0.520. The number of aromatic nitrogens is 3. The van der Waals surface area contributed by atoms with Crippen molar-refractivity contribution in [2.45, 2.75) is 6.92 Å². The van der Waals surface area contributed by atoms with E-state index in [9.17, 15) is 10.1 Å². The fraction of sp³-hybridized carbons (Fsp3) is 0.0769. The minimum absolute atomic E-state index is 0.0307. The second-order valence-corrected chi connectivity index (χ2v) is 4.27. The molecular weight excluding hydrogens is 244 g/mol. The highest BCUT2D eigenvalue weighted by molar-refractivity contribution is 5.78. The third-order valence-electron chi connectivity index (χ3n) is 2.92. The van der Waals surface area contributed by atoms with Gasteiger partial charge in [-0.2, -0.15) is 0 Å². The summed E-state index contributed by atoms with van der Waals surface area (Å²) in [5.41, 5.74) is 3.25. The van der Waals surface area contributed by atoms with Gasteiger partial charge in [0, 0.05) is 12.1 Å². The van der Waals surface area contributed by atoms with Crippen molar-refractivity contribution in [2.24, 2.45) is 0 Å². The van der Waals surface area contributed by atoms with Crippen LogP contribution in [0.15, 0.2) is 42.5 Å². The molecule has 0 spiro atoms. The number of aryl methyl sites for hydroxylation is 1. The first kappa shape index (κ1) is 11.3. The summed E-state index contributed by atoms with van der Waals surface area (Å²) in [4.78, 5) is 10.4. The zero-order chi connectivity index (χ0) is 13.4. The summed E-state index contributed by atoms with van der Waals surface area (Å²) in [7, 11) is 0. The van der Waals surface area contributed by atoms with Crippen molar-refractivity contribution in [1.29, 1.82) is 0 Å². The molecule has 0 radical (unpaired) electrons. The first-order valence-corrected chi connectivity index (χ1v) is 5.72. The van der Waals surface area contributed by atoms with Gasteiger partial charge in [-0.05, 0) is 25.1 Å². The minimum atomic E-state index is -0.425. The molecule has 6 heteroatoms. The van der Waals surface area contributed by atoms with Crippen molar-refractivity contribution in [1.82, 2.24) is 15.0 Å². The van der Waals surface area contributed by atoms with Gasteiger partial charge >= 0.3 is 0 Å². The molecule has 0 saturated heterocycles. The van der Waals surface area contributed by atoms with E-state index in [0.29, 0.717) is 11.0 Å². The first-order chi connectivity index (χ1) is 9.15. The standard InChI is InChI=1S/C13H10N4O2/c1-9-2-4-10(5-3-9)16-13-8-11(17(18)19)6-7-12(13)14-15-16/h2-8H,1H3. The van der Waals surface area contributed by atoms with Crippen molar-refractivity contribution in [2.75, 3.05) is 0 Å². The predicted molar refractivity (Wildman–Crippen MR) is 70.3 cm³/mol. The van der Waals surface area contributed by atoms with Crippen LogP contribution in [0.5, 0.6) is 0 Å². The average molecular weight is 254 g/mol. The van der Waals surface area contributed by atoms with E-state index in [-0.39, 0.29) is 5.69 Å². The summed E-state index contributed by atoms with van der Waals surface area (Å²) < 4.78 is 1.60. The van der Waals surface area contributed by atoms with Crippen LogP contribution in [-0.2, 0) is 0 Å². The molecule has 0 atom stereocenters. The summed E-state index contributed by atoms with van der Waals surface area (Å²) in [6, 6.07) is 12.2. The maximum atomic E-state index is 10.8. The number of non-ortho nitro benzene ring substituents is 1. The fourth-order valence-electron chi connectivity index (χ4n) is 1.90. The van der Waals surface area contributed by atoms with Crippen LogP contribution in [0.25, 0.3) is 16.7 Å². The Bertz CT molecular complexity index is 762. The van der Waals surface area contributed by atoms with Gasteiger partial charge in [0.1, 0.15) is 11.0 Å². The molecule has 1 heterocycles. The lowest BCUT2D eigenvalue weighted by atomic mass is 10.2. The van der Waals surface area contributed by atoms with Gasteiger partial charge in [-0.3, -0.25) is 10.1 Å². The molecule has 0 fully saturated rings. The number of hydrogen-bond donors (Lipinski definition) is 0. The molecule has 0 aliphatic carbocycles. The third kappa shape index (κ3) is 1.93. The molecule has 2 aromatic carbocycles. The lowest BCUT2D eigenvalue weighted by Gasteiger charge is -2.02. The van der Waals surface area contributed by atoms with Crippen LogP contribution in [-0.4, -0.2) is 19.9 Å². The summed E-state index contributed by atoms with van der Waals surface area (Å²) in [6.07, 6.45) is 0. The lowest BCUT2D eigenvalue weighted by Crippen LogP contribution is -1.97. The normalized spacial score (nSPS) is 10.8. The van der Waals surface area contributed by atoms with E-state index in [1.54, 1.807) is 10.7 Å². The van der Waals surface area contributed by atoms with Gasteiger partial charge in [0.15, 0.2) is 0 Å². The molecule has 0 amide bonds. The molecule has 6 nitrogen and oxygen atoms in total. The van der Waals surface area contributed by atoms with E-state index in [4.69, 9.17) is 0 Å². The molecule has 1 aromatic heterocycles. The Morgan fingerprint density at radius 2 is 1.89 bits per heavy atom. The molecule has 0 unspecified atom stereocenters. The fourth-order valence-corrected chi connectivity index (χ4v) is 1.90. The van der Waals surface area contributed by atoms with Gasteiger partial charge in [0.05, 0.1) is 10.6 Å². The van der Waals surface area contributed by atoms with Crippen LogP contribution >= 0.6 is 0 Å². The van der Waals surface area contributed by atoms with E-state index >= 15 is 0 Å². The van der Waals surface area contributed by atoms with Crippen LogP contribution in [0.2, 0.25) is 0 Å². The van der Waals surface area contributed by atoms with Gasteiger partial charge in [-0.25, -0.2) is 4.68 Å². The van der Waals surface area contributed by atoms with Crippen LogP contribution < -0.4 is 0 Å². The highest BCUT2D eigenvalue weighted by Gasteiger charge is 2.12. The molecule has 19 heavy (non-hydrogen) atoms. The number of nitrogens with zero attached hydrogens (tertiary/aromatic N) is 4.